The molecule has 0 unspecified atom stereocenters. The second-order valence-electron chi connectivity index (χ2n) is 3.79. The number of imidazole rings is 1. The summed E-state index contributed by atoms with van der Waals surface area (Å²) >= 11 is 0. The fourth-order valence-electron chi connectivity index (χ4n) is 1.16. The van der Waals surface area contributed by atoms with E-state index in [-0.39, 0.29) is 29.9 Å². The third kappa shape index (κ3) is 4.53. The minimum atomic E-state index is -3.59. The number of nitrogens with one attached hydrogen (secondary N) is 3. The number of aromatic nitrogens is 2. The summed E-state index contributed by atoms with van der Waals surface area (Å²) in [5.74, 6) is -0.188. The number of hydrogen-bond donors (Lipinski definition) is 3. The molecule has 1 amide bonds. The summed E-state index contributed by atoms with van der Waals surface area (Å²) in [6.07, 6.45) is 2.59. The number of aromatic amines is 1. The van der Waals surface area contributed by atoms with Crippen LogP contribution in [0.4, 0.5) is 0 Å². The van der Waals surface area contributed by atoms with Crippen LogP contribution in [0.1, 0.15) is 20.3 Å². The zero-order valence-electron chi connectivity index (χ0n) is 9.73. The Bertz CT molecular complexity index is 453. The third-order valence-corrected chi connectivity index (χ3v) is 3.24. The number of H-pyrrole nitrogens is 1. The molecule has 0 fully saturated rings. The highest BCUT2D eigenvalue weighted by Gasteiger charge is 2.15. The Kier molecular flexibility index (Phi) is 4.64. The second-order valence-corrected chi connectivity index (χ2v) is 5.52. The van der Waals surface area contributed by atoms with Crippen LogP contribution in [0.25, 0.3) is 0 Å². The van der Waals surface area contributed by atoms with Gasteiger partial charge in [-0.15, -0.1) is 0 Å². The Morgan fingerprint density at radius 2 is 2.24 bits per heavy atom. The molecule has 96 valence electrons. The molecule has 3 N–H and O–H groups in total. The van der Waals surface area contributed by atoms with Gasteiger partial charge < -0.3 is 10.3 Å². The molecule has 1 aromatic rings. The summed E-state index contributed by atoms with van der Waals surface area (Å²) in [4.78, 5) is 17.4. The van der Waals surface area contributed by atoms with Crippen LogP contribution in [0.3, 0.4) is 0 Å². The first kappa shape index (κ1) is 13.7. The largest absolute Gasteiger partial charge is 0.354 e. The minimum absolute atomic E-state index is 0.0123. The molecule has 0 saturated carbocycles. The maximum absolute atomic E-state index is 11.6. The van der Waals surface area contributed by atoms with Crippen molar-refractivity contribution in [3.05, 3.63) is 12.5 Å². The van der Waals surface area contributed by atoms with Gasteiger partial charge in [-0.1, -0.05) is 0 Å². The first-order chi connectivity index (χ1) is 7.92. The Labute approximate surface area is 100 Å². The fraction of sp³-hybridized carbons (Fsp3) is 0.556. The SMILES string of the molecule is CC(C)NC(=O)CCNS(=O)(=O)c1cnc[nH]1. The Balaban J connectivity index is 2.39. The zero-order valence-corrected chi connectivity index (χ0v) is 10.5. The highest BCUT2D eigenvalue weighted by molar-refractivity contribution is 7.89. The zero-order chi connectivity index (χ0) is 12.9. The maximum atomic E-state index is 11.6. The molecule has 1 aromatic heterocycles. The Morgan fingerprint density at radius 3 is 2.76 bits per heavy atom. The average Bonchev–Trinajstić information content (AvgIpc) is 2.68. The Morgan fingerprint density at radius 1 is 1.53 bits per heavy atom. The van der Waals surface area contributed by atoms with Crippen molar-refractivity contribution in [2.45, 2.75) is 31.3 Å². The smallest absolute Gasteiger partial charge is 0.257 e. The maximum Gasteiger partial charge on any atom is 0.257 e. The first-order valence-corrected chi connectivity index (χ1v) is 6.67. The van der Waals surface area contributed by atoms with Gasteiger partial charge in [0.15, 0.2) is 5.03 Å². The number of amides is 1. The van der Waals surface area contributed by atoms with Gasteiger partial charge in [0, 0.05) is 19.0 Å². The van der Waals surface area contributed by atoms with Crippen molar-refractivity contribution in [1.82, 2.24) is 20.0 Å². The summed E-state index contributed by atoms with van der Waals surface area (Å²) < 4.78 is 25.5. The van der Waals surface area contributed by atoms with E-state index in [1.54, 1.807) is 0 Å². The van der Waals surface area contributed by atoms with E-state index < -0.39 is 10.0 Å². The molecule has 0 radical (unpaired) electrons. The predicted molar refractivity (Wildman–Crippen MR) is 61.7 cm³/mol. The lowest BCUT2D eigenvalue weighted by atomic mass is 10.3. The highest BCUT2D eigenvalue weighted by Crippen LogP contribution is 2.01. The predicted octanol–water partition coefficient (Wildman–Crippen LogP) is -0.397. The molecule has 8 heteroatoms. The van der Waals surface area contributed by atoms with E-state index in [9.17, 15) is 13.2 Å². The molecular formula is C9H16N4O3S. The van der Waals surface area contributed by atoms with Crippen molar-refractivity contribution in [2.24, 2.45) is 0 Å². The topological polar surface area (TPSA) is 104 Å². The van der Waals surface area contributed by atoms with Gasteiger partial charge in [-0.05, 0) is 13.8 Å². The van der Waals surface area contributed by atoms with Crippen molar-refractivity contribution in [3.63, 3.8) is 0 Å². The summed E-state index contributed by atoms with van der Waals surface area (Å²) in [6.45, 7) is 3.74. The van der Waals surface area contributed by atoms with Crippen LogP contribution in [-0.4, -0.2) is 36.9 Å². The van der Waals surface area contributed by atoms with Gasteiger partial charge >= 0.3 is 0 Å². The van der Waals surface area contributed by atoms with Crippen molar-refractivity contribution in [2.75, 3.05) is 6.54 Å². The molecule has 0 aromatic carbocycles. The lowest BCUT2D eigenvalue weighted by Gasteiger charge is -2.08. The van der Waals surface area contributed by atoms with Crippen LogP contribution in [0.5, 0.6) is 0 Å². The summed E-state index contributed by atoms with van der Waals surface area (Å²) in [5, 5.41) is 2.66. The summed E-state index contributed by atoms with van der Waals surface area (Å²) in [5.41, 5.74) is 0. The van der Waals surface area contributed by atoms with Crippen LogP contribution < -0.4 is 10.0 Å². The minimum Gasteiger partial charge on any atom is -0.354 e. The summed E-state index contributed by atoms with van der Waals surface area (Å²) in [7, 11) is -3.59. The molecule has 0 spiro atoms. The van der Waals surface area contributed by atoms with E-state index in [1.165, 1.54) is 12.5 Å². The highest BCUT2D eigenvalue weighted by atomic mass is 32.2. The quantitative estimate of drug-likeness (QED) is 0.647. The van der Waals surface area contributed by atoms with E-state index in [4.69, 9.17) is 0 Å². The molecule has 7 nitrogen and oxygen atoms in total. The van der Waals surface area contributed by atoms with Crippen molar-refractivity contribution in [3.8, 4) is 0 Å². The fourth-order valence-corrected chi connectivity index (χ4v) is 2.09. The molecular weight excluding hydrogens is 244 g/mol. The first-order valence-electron chi connectivity index (χ1n) is 5.19. The second kappa shape index (κ2) is 5.78. The summed E-state index contributed by atoms with van der Waals surface area (Å²) in [6, 6.07) is 0.0479. The third-order valence-electron chi connectivity index (χ3n) is 1.86. The van der Waals surface area contributed by atoms with Gasteiger partial charge in [-0.2, -0.15) is 0 Å². The molecule has 0 aliphatic heterocycles. The van der Waals surface area contributed by atoms with Crippen LogP contribution in [-0.2, 0) is 14.8 Å². The molecule has 17 heavy (non-hydrogen) atoms. The lowest BCUT2D eigenvalue weighted by Crippen LogP contribution is -2.34. The number of carbonyl (C=O) groups is 1. The van der Waals surface area contributed by atoms with Gasteiger partial charge in [0.05, 0.1) is 12.5 Å². The Hall–Kier alpha value is -1.41. The molecule has 0 saturated heterocycles. The lowest BCUT2D eigenvalue weighted by molar-refractivity contribution is -0.121. The number of nitrogens with zero attached hydrogens (tertiary/aromatic N) is 1. The molecule has 0 aliphatic carbocycles. The van der Waals surface area contributed by atoms with E-state index in [0.717, 1.165) is 0 Å². The van der Waals surface area contributed by atoms with Crippen molar-refractivity contribution < 1.29 is 13.2 Å². The normalized spacial score (nSPS) is 11.7. The number of rotatable bonds is 6. The molecule has 0 atom stereocenters. The van der Waals surface area contributed by atoms with Crippen LogP contribution in [0, 0.1) is 0 Å². The average molecular weight is 260 g/mol. The van der Waals surface area contributed by atoms with E-state index >= 15 is 0 Å². The number of sulfonamides is 1. The standard InChI is InChI=1S/C9H16N4O3S/c1-7(2)13-8(14)3-4-12-17(15,16)9-5-10-6-11-9/h5-7,12H,3-4H2,1-2H3,(H,10,11)(H,13,14). The van der Waals surface area contributed by atoms with Crippen molar-refractivity contribution >= 4 is 15.9 Å². The van der Waals surface area contributed by atoms with Gasteiger partial charge in [-0.25, -0.2) is 18.1 Å². The van der Waals surface area contributed by atoms with Crippen LogP contribution in [0.15, 0.2) is 17.6 Å². The van der Waals surface area contributed by atoms with Crippen molar-refractivity contribution in [1.29, 1.82) is 0 Å². The number of carbonyl (C=O) groups excluding carboxylic acids is 1. The van der Waals surface area contributed by atoms with Gasteiger partial charge in [0.1, 0.15) is 0 Å². The van der Waals surface area contributed by atoms with Gasteiger partial charge in [0.2, 0.25) is 5.91 Å². The van der Waals surface area contributed by atoms with E-state index in [1.807, 2.05) is 13.8 Å². The molecule has 0 bridgehead atoms. The van der Waals surface area contributed by atoms with E-state index in [0.29, 0.717) is 0 Å². The van der Waals surface area contributed by atoms with E-state index in [2.05, 4.69) is 20.0 Å². The molecule has 0 aliphatic rings. The van der Waals surface area contributed by atoms with Crippen LogP contribution in [0.2, 0.25) is 0 Å². The van der Waals surface area contributed by atoms with Crippen LogP contribution >= 0.6 is 0 Å². The van der Waals surface area contributed by atoms with Gasteiger partial charge in [0.25, 0.3) is 10.0 Å². The van der Waals surface area contributed by atoms with Gasteiger partial charge in [-0.3, -0.25) is 4.79 Å². The number of hydrogen-bond acceptors (Lipinski definition) is 4. The molecule has 1 rings (SSSR count). The monoisotopic (exact) mass is 260 g/mol. The molecule has 1 heterocycles.